The van der Waals surface area contributed by atoms with Gasteiger partial charge in [0.1, 0.15) is 0 Å². The van der Waals surface area contributed by atoms with E-state index < -0.39 is 29.5 Å². The van der Waals surface area contributed by atoms with E-state index in [1.165, 1.54) is 0 Å². The molecule has 0 aromatic heterocycles. The van der Waals surface area contributed by atoms with E-state index in [2.05, 4.69) is 5.32 Å². The third-order valence-corrected chi connectivity index (χ3v) is 3.22. The highest BCUT2D eigenvalue weighted by Gasteiger charge is 2.59. The number of nitrogens with one attached hydrogen (secondary N) is 2. The number of rotatable bonds is 3. The van der Waals surface area contributed by atoms with Gasteiger partial charge < -0.3 is 15.7 Å². The summed E-state index contributed by atoms with van der Waals surface area (Å²) in [4.78, 5) is 22.5. The standard InChI is InChI=1S/C10H15F3N2O3/c1-5-3-14-4-6(5)7(16)15-9(2,8(17)18)10(11,12)13/h5-6,14H,3-4H2,1-2H3,(H,15,16)(H,17,18)/t5-,6-,9?/m1/s1. The van der Waals surface area contributed by atoms with Crippen LogP contribution in [0.5, 0.6) is 0 Å². The number of carbonyl (C=O) groups is 2. The van der Waals surface area contributed by atoms with Gasteiger partial charge in [-0.1, -0.05) is 6.92 Å². The van der Waals surface area contributed by atoms with Crippen molar-refractivity contribution in [2.24, 2.45) is 11.8 Å². The largest absolute Gasteiger partial charge is 0.479 e. The summed E-state index contributed by atoms with van der Waals surface area (Å²) >= 11 is 0. The predicted molar refractivity (Wildman–Crippen MR) is 55.8 cm³/mol. The summed E-state index contributed by atoms with van der Waals surface area (Å²) < 4.78 is 38.1. The summed E-state index contributed by atoms with van der Waals surface area (Å²) in [5, 5.41) is 13.1. The molecule has 0 aromatic rings. The third kappa shape index (κ3) is 2.58. The van der Waals surface area contributed by atoms with Crippen molar-refractivity contribution in [2.45, 2.75) is 25.6 Å². The molecule has 0 aromatic carbocycles. The molecule has 1 fully saturated rings. The van der Waals surface area contributed by atoms with E-state index in [1.54, 1.807) is 12.2 Å². The van der Waals surface area contributed by atoms with Crippen LogP contribution in [0.2, 0.25) is 0 Å². The number of alkyl halides is 3. The molecular weight excluding hydrogens is 253 g/mol. The second-order valence-electron chi connectivity index (χ2n) is 4.66. The number of carboxylic acids is 1. The van der Waals surface area contributed by atoms with Gasteiger partial charge in [0, 0.05) is 6.54 Å². The summed E-state index contributed by atoms with van der Waals surface area (Å²) in [5.41, 5.74) is -3.26. The molecule has 1 heterocycles. The lowest BCUT2D eigenvalue weighted by molar-refractivity contribution is -0.207. The number of aliphatic carboxylic acids is 1. The smallest absolute Gasteiger partial charge is 0.422 e. The molecule has 3 atom stereocenters. The Hall–Kier alpha value is -1.31. The quantitative estimate of drug-likeness (QED) is 0.690. The van der Waals surface area contributed by atoms with Crippen molar-refractivity contribution < 1.29 is 27.9 Å². The van der Waals surface area contributed by atoms with Crippen molar-refractivity contribution in [3.05, 3.63) is 0 Å². The minimum atomic E-state index is -5.05. The Morgan fingerprint density at radius 3 is 2.22 bits per heavy atom. The zero-order valence-electron chi connectivity index (χ0n) is 9.97. The van der Waals surface area contributed by atoms with Gasteiger partial charge in [-0.3, -0.25) is 4.79 Å². The fraction of sp³-hybridized carbons (Fsp3) is 0.800. The molecule has 0 bridgehead atoms. The van der Waals surface area contributed by atoms with Crippen LogP contribution in [0.1, 0.15) is 13.8 Å². The molecule has 5 nitrogen and oxygen atoms in total. The first-order chi connectivity index (χ1) is 8.09. The topological polar surface area (TPSA) is 78.4 Å². The molecule has 1 aliphatic heterocycles. The first-order valence-corrected chi connectivity index (χ1v) is 5.42. The molecule has 0 saturated carbocycles. The molecule has 8 heteroatoms. The van der Waals surface area contributed by atoms with Gasteiger partial charge in [0.25, 0.3) is 0 Å². The first kappa shape index (κ1) is 14.7. The van der Waals surface area contributed by atoms with Crippen molar-refractivity contribution in [2.75, 3.05) is 13.1 Å². The Balaban J connectivity index is 2.86. The van der Waals surface area contributed by atoms with Crippen LogP contribution in [-0.2, 0) is 9.59 Å². The molecule has 18 heavy (non-hydrogen) atoms. The highest BCUT2D eigenvalue weighted by molar-refractivity contribution is 5.88. The molecule has 1 amide bonds. The Bertz CT molecular complexity index is 359. The Morgan fingerprint density at radius 2 is 1.89 bits per heavy atom. The summed E-state index contributed by atoms with van der Waals surface area (Å²) in [6.45, 7) is 2.94. The summed E-state index contributed by atoms with van der Waals surface area (Å²) in [6.07, 6.45) is -5.05. The van der Waals surface area contributed by atoms with Crippen LogP contribution >= 0.6 is 0 Å². The van der Waals surface area contributed by atoms with Crippen LogP contribution in [0, 0.1) is 11.8 Å². The lowest BCUT2D eigenvalue weighted by Crippen LogP contribution is -2.63. The van der Waals surface area contributed by atoms with Gasteiger partial charge in [0.15, 0.2) is 0 Å². The fourth-order valence-electron chi connectivity index (χ4n) is 1.75. The van der Waals surface area contributed by atoms with E-state index in [0.29, 0.717) is 13.5 Å². The molecule has 0 spiro atoms. The molecule has 0 aliphatic carbocycles. The molecule has 0 radical (unpaired) electrons. The van der Waals surface area contributed by atoms with Crippen LogP contribution in [0.3, 0.4) is 0 Å². The van der Waals surface area contributed by atoms with Gasteiger partial charge in [-0.2, -0.15) is 13.2 Å². The lowest BCUT2D eigenvalue weighted by Gasteiger charge is -2.30. The number of amides is 1. The minimum absolute atomic E-state index is 0.128. The van der Waals surface area contributed by atoms with Gasteiger partial charge in [0.2, 0.25) is 11.4 Å². The van der Waals surface area contributed by atoms with Crippen LogP contribution in [0.25, 0.3) is 0 Å². The number of carboxylic acid groups (broad SMARTS) is 1. The minimum Gasteiger partial charge on any atom is -0.479 e. The Morgan fingerprint density at radius 1 is 1.33 bits per heavy atom. The maximum atomic E-state index is 12.7. The van der Waals surface area contributed by atoms with Crippen molar-refractivity contribution in [1.82, 2.24) is 10.6 Å². The number of hydrogen-bond donors (Lipinski definition) is 3. The van der Waals surface area contributed by atoms with Gasteiger partial charge in [-0.15, -0.1) is 0 Å². The summed E-state index contributed by atoms with van der Waals surface area (Å²) in [7, 11) is 0. The van der Waals surface area contributed by atoms with Gasteiger partial charge in [-0.25, -0.2) is 4.79 Å². The predicted octanol–water partition coefficient (Wildman–Crippen LogP) is 0.364. The normalized spacial score (nSPS) is 27.6. The van der Waals surface area contributed by atoms with Crippen LogP contribution in [-0.4, -0.2) is 41.8 Å². The van der Waals surface area contributed by atoms with E-state index in [0.717, 1.165) is 0 Å². The van der Waals surface area contributed by atoms with Crippen molar-refractivity contribution in [3.8, 4) is 0 Å². The monoisotopic (exact) mass is 268 g/mol. The molecular formula is C10H15F3N2O3. The number of carbonyl (C=O) groups excluding carboxylic acids is 1. The molecule has 1 rings (SSSR count). The maximum absolute atomic E-state index is 12.7. The maximum Gasteiger partial charge on any atom is 0.422 e. The lowest BCUT2D eigenvalue weighted by atomic mass is 9.94. The van der Waals surface area contributed by atoms with Gasteiger partial charge >= 0.3 is 12.1 Å². The van der Waals surface area contributed by atoms with Crippen LogP contribution in [0.15, 0.2) is 0 Å². The van der Waals surface area contributed by atoms with Gasteiger partial charge in [0.05, 0.1) is 5.92 Å². The second-order valence-corrected chi connectivity index (χ2v) is 4.66. The molecule has 104 valence electrons. The van der Waals surface area contributed by atoms with E-state index in [-0.39, 0.29) is 12.5 Å². The van der Waals surface area contributed by atoms with E-state index >= 15 is 0 Å². The average molecular weight is 268 g/mol. The van der Waals surface area contributed by atoms with Crippen LogP contribution in [0.4, 0.5) is 13.2 Å². The Labute approximate surface area is 102 Å². The zero-order valence-corrected chi connectivity index (χ0v) is 9.97. The van der Waals surface area contributed by atoms with E-state index in [4.69, 9.17) is 5.11 Å². The highest BCUT2D eigenvalue weighted by atomic mass is 19.4. The van der Waals surface area contributed by atoms with Crippen molar-refractivity contribution >= 4 is 11.9 Å². The van der Waals surface area contributed by atoms with Crippen molar-refractivity contribution in [3.63, 3.8) is 0 Å². The Kier molecular flexibility index (Phi) is 3.89. The van der Waals surface area contributed by atoms with Crippen LogP contribution < -0.4 is 10.6 Å². The molecule has 3 N–H and O–H groups in total. The third-order valence-electron chi connectivity index (χ3n) is 3.22. The number of hydrogen-bond acceptors (Lipinski definition) is 3. The fourth-order valence-corrected chi connectivity index (χ4v) is 1.75. The first-order valence-electron chi connectivity index (χ1n) is 5.42. The SMILES string of the molecule is C[C@@H]1CNC[C@H]1C(=O)NC(C)(C(=O)O)C(F)(F)F. The number of halogens is 3. The molecule has 1 unspecified atom stereocenters. The van der Waals surface area contributed by atoms with E-state index in [9.17, 15) is 22.8 Å². The summed E-state index contributed by atoms with van der Waals surface area (Å²) in [6, 6.07) is 0. The van der Waals surface area contributed by atoms with Gasteiger partial charge in [-0.05, 0) is 19.4 Å². The van der Waals surface area contributed by atoms with Crippen molar-refractivity contribution in [1.29, 1.82) is 0 Å². The summed E-state index contributed by atoms with van der Waals surface area (Å²) in [5.74, 6) is -3.79. The average Bonchev–Trinajstić information content (AvgIpc) is 2.62. The highest BCUT2D eigenvalue weighted by Crippen LogP contribution is 2.31. The van der Waals surface area contributed by atoms with E-state index in [1.807, 2.05) is 0 Å². The molecule has 1 aliphatic rings. The second kappa shape index (κ2) is 4.75. The zero-order chi connectivity index (χ0) is 14.1. The molecule has 1 saturated heterocycles.